The van der Waals surface area contributed by atoms with Gasteiger partial charge < -0.3 is 24.4 Å². The number of rotatable bonds is 5. The molecular weight excluding hydrogens is 376 g/mol. The Bertz CT molecular complexity index is 921. The number of hydrogen-bond acceptors (Lipinski definition) is 7. The van der Waals surface area contributed by atoms with Gasteiger partial charge >= 0.3 is 11.9 Å². The number of esters is 2. The Morgan fingerprint density at radius 2 is 1.62 bits per heavy atom. The first-order chi connectivity index (χ1) is 14.0. The highest BCUT2D eigenvalue weighted by atomic mass is 16.5. The molecule has 1 amide bonds. The van der Waals surface area contributed by atoms with E-state index in [1.165, 1.54) is 20.3 Å². The van der Waals surface area contributed by atoms with E-state index < -0.39 is 17.8 Å². The van der Waals surface area contributed by atoms with Gasteiger partial charge in [0.05, 0.1) is 44.2 Å². The molecule has 0 radical (unpaired) electrons. The Kier molecular flexibility index (Phi) is 6.46. The zero-order valence-electron chi connectivity index (χ0n) is 16.3. The van der Waals surface area contributed by atoms with E-state index in [1.54, 1.807) is 30.3 Å². The first kappa shape index (κ1) is 20.3. The van der Waals surface area contributed by atoms with Gasteiger partial charge in [-0.3, -0.25) is 4.79 Å². The van der Waals surface area contributed by atoms with Crippen molar-refractivity contribution < 1.29 is 28.6 Å². The van der Waals surface area contributed by atoms with E-state index in [-0.39, 0.29) is 16.7 Å². The zero-order chi connectivity index (χ0) is 20.8. The molecule has 1 saturated heterocycles. The van der Waals surface area contributed by atoms with Gasteiger partial charge in [0.1, 0.15) is 0 Å². The Morgan fingerprint density at radius 3 is 2.31 bits per heavy atom. The first-order valence-corrected chi connectivity index (χ1v) is 9.08. The molecule has 2 aromatic rings. The molecular formula is C21H22N2O6. The monoisotopic (exact) mass is 398 g/mol. The number of ether oxygens (including phenoxy) is 3. The molecule has 0 aliphatic carbocycles. The van der Waals surface area contributed by atoms with Crippen LogP contribution in [0.15, 0.2) is 42.5 Å². The van der Waals surface area contributed by atoms with Crippen LogP contribution in [-0.4, -0.2) is 58.4 Å². The maximum atomic E-state index is 12.7. The molecule has 1 aliphatic rings. The number of nitrogens with zero attached hydrogens (tertiary/aromatic N) is 1. The molecule has 8 nitrogen and oxygen atoms in total. The molecule has 1 heterocycles. The first-order valence-electron chi connectivity index (χ1n) is 9.08. The van der Waals surface area contributed by atoms with Crippen LogP contribution in [0.4, 0.5) is 11.4 Å². The van der Waals surface area contributed by atoms with Crippen molar-refractivity contribution in [1.82, 2.24) is 0 Å². The normalized spacial score (nSPS) is 13.5. The zero-order valence-corrected chi connectivity index (χ0v) is 16.3. The second-order valence-electron chi connectivity index (χ2n) is 6.35. The van der Waals surface area contributed by atoms with E-state index in [2.05, 4.69) is 15.0 Å². The average Bonchev–Trinajstić information content (AvgIpc) is 2.78. The summed E-state index contributed by atoms with van der Waals surface area (Å²) in [6.07, 6.45) is 0. The molecule has 0 unspecified atom stereocenters. The molecule has 0 spiro atoms. The number of anilines is 2. The summed E-state index contributed by atoms with van der Waals surface area (Å²) >= 11 is 0. The van der Waals surface area contributed by atoms with E-state index in [9.17, 15) is 14.4 Å². The lowest BCUT2D eigenvalue weighted by Gasteiger charge is -2.29. The standard InChI is InChI=1S/C21H22N2O6/c1-27-20(25)15-5-3-4-14(12-15)19(24)22-18-7-6-16(13-17(18)21(26)28-2)23-8-10-29-11-9-23/h3-7,12-13H,8-11H2,1-2H3,(H,22,24). The second kappa shape index (κ2) is 9.20. The van der Waals surface area contributed by atoms with Gasteiger partial charge in [0.25, 0.3) is 5.91 Å². The van der Waals surface area contributed by atoms with Crippen molar-refractivity contribution in [1.29, 1.82) is 0 Å². The topological polar surface area (TPSA) is 94.2 Å². The summed E-state index contributed by atoms with van der Waals surface area (Å²) in [5, 5.41) is 2.72. The van der Waals surface area contributed by atoms with Gasteiger partial charge in [0.2, 0.25) is 0 Å². The molecule has 2 aromatic carbocycles. The number of morpholine rings is 1. The maximum Gasteiger partial charge on any atom is 0.340 e. The fourth-order valence-corrected chi connectivity index (χ4v) is 3.04. The fourth-order valence-electron chi connectivity index (χ4n) is 3.04. The number of hydrogen-bond donors (Lipinski definition) is 1. The highest BCUT2D eigenvalue weighted by molar-refractivity contribution is 6.09. The average molecular weight is 398 g/mol. The lowest BCUT2D eigenvalue weighted by Crippen LogP contribution is -2.36. The predicted octanol–water partition coefficient (Wildman–Crippen LogP) is 2.35. The molecule has 0 saturated carbocycles. The van der Waals surface area contributed by atoms with Crippen LogP contribution < -0.4 is 10.2 Å². The summed E-state index contributed by atoms with van der Waals surface area (Å²) in [6, 6.07) is 11.3. The summed E-state index contributed by atoms with van der Waals surface area (Å²) in [7, 11) is 2.56. The van der Waals surface area contributed by atoms with Crippen LogP contribution in [0.2, 0.25) is 0 Å². The van der Waals surface area contributed by atoms with Gasteiger partial charge in [0.15, 0.2) is 0 Å². The number of carbonyl (C=O) groups excluding carboxylic acids is 3. The van der Waals surface area contributed by atoms with Gasteiger partial charge in [-0.2, -0.15) is 0 Å². The van der Waals surface area contributed by atoms with Crippen molar-refractivity contribution in [2.24, 2.45) is 0 Å². The van der Waals surface area contributed by atoms with Crippen molar-refractivity contribution >= 4 is 29.2 Å². The van der Waals surface area contributed by atoms with Crippen molar-refractivity contribution in [2.45, 2.75) is 0 Å². The molecule has 152 valence electrons. The minimum absolute atomic E-state index is 0.244. The van der Waals surface area contributed by atoms with E-state index in [4.69, 9.17) is 9.47 Å². The van der Waals surface area contributed by atoms with Gasteiger partial charge in [-0.1, -0.05) is 6.07 Å². The molecule has 1 N–H and O–H groups in total. The predicted molar refractivity (Wildman–Crippen MR) is 107 cm³/mol. The Labute approximate surface area is 168 Å². The summed E-state index contributed by atoms with van der Waals surface area (Å²) in [5.74, 6) is -1.55. The number of benzene rings is 2. The minimum Gasteiger partial charge on any atom is -0.465 e. The number of methoxy groups -OCH3 is 2. The molecule has 0 aromatic heterocycles. The summed E-state index contributed by atoms with van der Waals surface area (Å²) < 4.78 is 14.9. The smallest absolute Gasteiger partial charge is 0.340 e. The van der Waals surface area contributed by atoms with Gasteiger partial charge in [-0.25, -0.2) is 9.59 Å². The van der Waals surface area contributed by atoms with Crippen molar-refractivity contribution in [3.63, 3.8) is 0 Å². The SMILES string of the molecule is COC(=O)c1cccc(C(=O)Nc2ccc(N3CCOCC3)cc2C(=O)OC)c1. The van der Waals surface area contributed by atoms with E-state index >= 15 is 0 Å². The van der Waals surface area contributed by atoms with Crippen LogP contribution in [0.3, 0.4) is 0 Å². The van der Waals surface area contributed by atoms with Crippen LogP contribution in [0.25, 0.3) is 0 Å². The Morgan fingerprint density at radius 1 is 0.931 bits per heavy atom. The third kappa shape index (κ3) is 4.72. The third-order valence-corrected chi connectivity index (χ3v) is 4.58. The van der Waals surface area contributed by atoms with Gasteiger partial charge in [-0.15, -0.1) is 0 Å². The third-order valence-electron chi connectivity index (χ3n) is 4.58. The van der Waals surface area contributed by atoms with Crippen LogP contribution in [0.5, 0.6) is 0 Å². The molecule has 8 heteroatoms. The number of amides is 1. The molecule has 0 atom stereocenters. The number of carbonyl (C=O) groups is 3. The van der Waals surface area contributed by atoms with Crippen LogP contribution in [0, 0.1) is 0 Å². The molecule has 0 bridgehead atoms. The maximum absolute atomic E-state index is 12.7. The van der Waals surface area contributed by atoms with E-state index in [0.717, 1.165) is 5.69 Å². The van der Waals surface area contributed by atoms with Crippen LogP contribution in [0.1, 0.15) is 31.1 Å². The van der Waals surface area contributed by atoms with Gasteiger partial charge in [0, 0.05) is 24.3 Å². The minimum atomic E-state index is -0.557. The van der Waals surface area contributed by atoms with Crippen molar-refractivity contribution in [2.75, 3.05) is 50.7 Å². The fraction of sp³-hybridized carbons (Fsp3) is 0.286. The largest absolute Gasteiger partial charge is 0.465 e. The van der Waals surface area contributed by atoms with E-state index in [0.29, 0.717) is 32.0 Å². The second-order valence-corrected chi connectivity index (χ2v) is 6.35. The quantitative estimate of drug-likeness (QED) is 0.773. The van der Waals surface area contributed by atoms with Gasteiger partial charge in [-0.05, 0) is 36.4 Å². The Balaban J connectivity index is 1.86. The highest BCUT2D eigenvalue weighted by Gasteiger charge is 2.19. The van der Waals surface area contributed by atoms with Crippen molar-refractivity contribution in [3.05, 3.63) is 59.2 Å². The Hall–Kier alpha value is -3.39. The number of nitrogens with one attached hydrogen (secondary N) is 1. The summed E-state index contributed by atoms with van der Waals surface area (Å²) in [5.41, 5.74) is 1.94. The molecule has 1 aliphatic heterocycles. The van der Waals surface area contributed by atoms with Crippen LogP contribution in [-0.2, 0) is 14.2 Å². The summed E-state index contributed by atoms with van der Waals surface area (Å²) in [6.45, 7) is 2.66. The lowest BCUT2D eigenvalue weighted by atomic mass is 10.1. The van der Waals surface area contributed by atoms with Crippen LogP contribution >= 0.6 is 0 Å². The molecule has 3 rings (SSSR count). The lowest BCUT2D eigenvalue weighted by molar-refractivity contribution is 0.0592. The summed E-state index contributed by atoms with van der Waals surface area (Å²) in [4.78, 5) is 38.8. The highest BCUT2D eigenvalue weighted by Crippen LogP contribution is 2.25. The van der Waals surface area contributed by atoms with Crippen molar-refractivity contribution in [3.8, 4) is 0 Å². The molecule has 29 heavy (non-hydrogen) atoms. The molecule has 1 fully saturated rings. The van der Waals surface area contributed by atoms with E-state index in [1.807, 2.05) is 6.07 Å².